The van der Waals surface area contributed by atoms with Crippen LogP contribution < -0.4 is 9.47 Å². The van der Waals surface area contributed by atoms with E-state index in [0.29, 0.717) is 6.42 Å². The zero-order valence-electron chi connectivity index (χ0n) is 12.4. The first-order valence-electron chi connectivity index (χ1n) is 7.32. The van der Waals surface area contributed by atoms with Crippen LogP contribution in [0.3, 0.4) is 0 Å². The van der Waals surface area contributed by atoms with E-state index in [4.69, 9.17) is 9.47 Å². The number of methoxy groups -OCH3 is 1. The van der Waals surface area contributed by atoms with Crippen molar-refractivity contribution < 1.29 is 14.6 Å². The molecule has 0 radical (unpaired) electrons. The maximum absolute atomic E-state index is 10.4. The van der Waals surface area contributed by atoms with Gasteiger partial charge in [0.2, 0.25) is 0 Å². The number of aryl methyl sites for hydroxylation is 1. The van der Waals surface area contributed by atoms with Crippen LogP contribution in [0.25, 0.3) is 0 Å². The molecule has 1 aliphatic heterocycles. The average Bonchev–Trinajstić information content (AvgIpc) is 2.54. The normalized spacial score (nSPS) is 20.5. The summed E-state index contributed by atoms with van der Waals surface area (Å²) in [4.78, 5) is 0. The lowest BCUT2D eigenvalue weighted by molar-refractivity contribution is 0.0654. The first-order valence-corrected chi connectivity index (χ1v) is 7.32. The quantitative estimate of drug-likeness (QED) is 0.931. The van der Waals surface area contributed by atoms with Gasteiger partial charge >= 0.3 is 0 Å². The summed E-state index contributed by atoms with van der Waals surface area (Å²) in [5, 5.41) is 10.4. The summed E-state index contributed by atoms with van der Waals surface area (Å²) < 4.78 is 11.2. The van der Waals surface area contributed by atoms with Crippen molar-refractivity contribution in [2.45, 2.75) is 32.0 Å². The van der Waals surface area contributed by atoms with Crippen LogP contribution in [-0.4, -0.2) is 12.2 Å². The molecule has 0 amide bonds. The standard InChI is InChI=1S/C18H20O3/c1-3-12-4-6-13(7-5-12)18-11-16(19)15-10-14(20-2)8-9-17(15)21-18/h4-10,16,18-19H,3,11H2,1-2H3/t16-,18?/m0/s1. The third-order valence-corrected chi connectivity index (χ3v) is 4.04. The molecule has 1 aliphatic rings. The Morgan fingerprint density at radius 1 is 1.19 bits per heavy atom. The molecule has 2 aromatic rings. The molecule has 21 heavy (non-hydrogen) atoms. The summed E-state index contributed by atoms with van der Waals surface area (Å²) in [6.07, 6.45) is 0.953. The van der Waals surface area contributed by atoms with Crippen LogP contribution in [0.4, 0.5) is 0 Å². The van der Waals surface area contributed by atoms with Gasteiger partial charge in [-0.15, -0.1) is 0 Å². The highest BCUT2D eigenvalue weighted by atomic mass is 16.5. The molecule has 1 heterocycles. The molecular formula is C18H20O3. The van der Waals surface area contributed by atoms with Gasteiger partial charge in [-0.25, -0.2) is 0 Å². The second-order valence-corrected chi connectivity index (χ2v) is 5.36. The first-order chi connectivity index (χ1) is 10.2. The first kappa shape index (κ1) is 14.0. The minimum atomic E-state index is -0.528. The topological polar surface area (TPSA) is 38.7 Å². The molecule has 1 unspecified atom stereocenters. The van der Waals surface area contributed by atoms with Gasteiger partial charge in [-0.1, -0.05) is 31.2 Å². The minimum absolute atomic E-state index is 0.105. The van der Waals surface area contributed by atoms with E-state index >= 15 is 0 Å². The number of rotatable bonds is 3. The molecule has 0 bridgehead atoms. The molecule has 0 spiro atoms. The van der Waals surface area contributed by atoms with Crippen molar-refractivity contribution in [2.24, 2.45) is 0 Å². The monoisotopic (exact) mass is 284 g/mol. The highest BCUT2D eigenvalue weighted by molar-refractivity contribution is 5.43. The van der Waals surface area contributed by atoms with Gasteiger partial charge in [-0.2, -0.15) is 0 Å². The van der Waals surface area contributed by atoms with E-state index in [9.17, 15) is 5.11 Å². The Hall–Kier alpha value is -2.00. The van der Waals surface area contributed by atoms with E-state index in [1.54, 1.807) is 7.11 Å². The molecule has 2 atom stereocenters. The average molecular weight is 284 g/mol. The zero-order valence-corrected chi connectivity index (χ0v) is 12.4. The van der Waals surface area contributed by atoms with Gasteiger partial charge in [0.05, 0.1) is 13.2 Å². The summed E-state index contributed by atoms with van der Waals surface area (Å²) in [5.74, 6) is 1.47. The molecule has 0 saturated heterocycles. The fourth-order valence-corrected chi connectivity index (χ4v) is 2.72. The highest BCUT2D eigenvalue weighted by Crippen LogP contribution is 2.42. The summed E-state index contributed by atoms with van der Waals surface area (Å²) in [7, 11) is 1.62. The molecule has 0 aromatic heterocycles. The molecule has 3 nitrogen and oxygen atoms in total. The van der Waals surface area contributed by atoms with Gasteiger partial charge in [-0.3, -0.25) is 0 Å². The van der Waals surface area contributed by atoms with Gasteiger partial charge in [0, 0.05) is 12.0 Å². The Balaban J connectivity index is 1.87. The predicted octanol–water partition coefficient (Wildman–Crippen LogP) is 3.81. The Morgan fingerprint density at radius 3 is 2.62 bits per heavy atom. The summed E-state index contributed by atoms with van der Waals surface area (Å²) in [5.41, 5.74) is 3.21. The smallest absolute Gasteiger partial charge is 0.127 e. The van der Waals surface area contributed by atoms with Gasteiger partial charge in [0.1, 0.15) is 17.6 Å². The second-order valence-electron chi connectivity index (χ2n) is 5.36. The number of benzene rings is 2. The third-order valence-electron chi connectivity index (χ3n) is 4.04. The third kappa shape index (κ3) is 2.74. The van der Waals surface area contributed by atoms with Crippen molar-refractivity contribution in [3.63, 3.8) is 0 Å². The van der Waals surface area contributed by atoms with Crippen LogP contribution in [0, 0.1) is 0 Å². The highest BCUT2D eigenvalue weighted by Gasteiger charge is 2.28. The van der Waals surface area contributed by atoms with E-state index in [2.05, 4.69) is 31.2 Å². The largest absolute Gasteiger partial charge is 0.497 e. The van der Waals surface area contributed by atoms with Crippen molar-refractivity contribution in [1.82, 2.24) is 0 Å². The van der Waals surface area contributed by atoms with Crippen molar-refractivity contribution >= 4 is 0 Å². The molecule has 3 rings (SSSR count). The summed E-state index contributed by atoms with van der Waals surface area (Å²) in [6.45, 7) is 2.14. The fraction of sp³-hybridized carbons (Fsp3) is 0.333. The van der Waals surface area contributed by atoms with E-state index in [1.165, 1.54) is 5.56 Å². The van der Waals surface area contributed by atoms with Gasteiger partial charge in [0.25, 0.3) is 0 Å². The molecule has 1 N–H and O–H groups in total. The van der Waals surface area contributed by atoms with E-state index in [1.807, 2.05) is 18.2 Å². The fourth-order valence-electron chi connectivity index (χ4n) is 2.72. The number of fused-ring (bicyclic) bond motifs is 1. The Kier molecular flexibility index (Phi) is 3.84. The molecule has 3 heteroatoms. The van der Waals surface area contributed by atoms with Crippen LogP contribution in [0.1, 0.15) is 42.2 Å². The second kappa shape index (κ2) is 5.78. The molecule has 0 saturated carbocycles. The lowest BCUT2D eigenvalue weighted by atomic mass is 9.94. The van der Waals surface area contributed by atoms with Crippen molar-refractivity contribution in [2.75, 3.05) is 7.11 Å². The molecule has 0 aliphatic carbocycles. The lowest BCUT2D eigenvalue weighted by Crippen LogP contribution is -2.19. The number of aliphatic hydroxyl groups is 1. The molecular weight excluding hydrogens is 264 g/mol. The predicted molar refractivity (Wildman–Crippen MR) is 81.8 cm³/mol. The lowest BCUT2D eigenvalue weighted by Gasteiger charge is -2.30. The van der Waals surface area contributed by atoms with Crippen LogP contribution >= 0.6 is 0 Å². The molecule has 2 aromatic carbocycles. The van der Waals surface area contributed by atoms with E-state index in [0.717, 1.165) is 29.0 Å². The van der Waals surface area contributed by atoms with Crippen molar-refractivity contribution in [1.29, 1.82) is 0 Å². The van der Waals surface area contributed by atoms with Gasteiger partial charge in [0.15, 0.2) is 0 Å². The number of ether oxygens (including phenoxy) is 2. The molecule has 0 fully saturated rings. The van der Waals surface area contributed by atoms with Crippen molar-refractivity contribution in [3.8, 4) is 11.5 Å². The number of hydrogen-bond donors (Lipinski definition) is 1. The maximum Gasteiger partial charge on any atom is 0.127 e. The number of aliphatic hydroxyl groups excluding tert-OH is 1. The van der Waals surface area contributed by atoms with Crippen LogP contribution in [-0.2, 0) is 6.42 Å². The number of hydrogen-bond acceptors (Lipinski definition) is 3. The van der Waals surface area contributed by atoms with Crippen LogP contribution in [0.15, 0.2) is 42.5 Å². The Labute approximate surface area is 125 Å². The van der Waals surface area contributed by atoms with Crippen LogP contribution in [0.2, 0.25) is 0 Å². The van der Waals surface area contributed by atoms with Crippen molar-refractivity contribution in [3.05, 3.63) is 59.2 Å². The van der Waals surface area contributed by atoms with Gasteiger partial charge < -0.3 is 14.6 Å². The Morgan fingerprint density at radius 2 is 1.95 bits per heavy atom. The van der Waals surface area contributed by atoms with Crippen LogP contribution in [0.5, 0.6) is 11.5 Å². The Bertz CT molecular complexity index is 619. The van der Waals surface area contributed by atoms with E-state index in [-0.39, 0.29) is 6.10 Å². The summed E-state index contributed by atoms with van der Waals surface area (Å²) in [6, 6.07) is 14.0. The minimum Gasteiger partial charge on any atom is -0.497 e. The maximum atomic E-state index is 10.4. The zero-order chi connectivity index (χ0) is 14.8. The summed E-state index contributed by atoms with van der Waals surface area (Å²) >= 11 is 0. The van der Waals surface area contributed by atoms with Gasteiger partial charge in [-0.05, 0) is 35.7 Å². The SMILES string of the molecule is CCc1ccc(C2C[C@H](O)c3cc(OC)ccc3O2)cc1. The molecule has 110 valence electrons. The van der Waals surface area contributed by atoms with E-state index < -0.39 is 6.10 Å².